The number of benzene rings is 1. The van der Waals surface area contributed by atoms with Crippen LogP contribution in [0.2, 0.25) is 0 Å². The van der Waals surface area contributed by atoms with Crippen molar-refractivity contribution in [2.24, 2.45) is 5.14 Å². The molecule has 1 saturated carbocycles. The minimum atomic E-state index is -3.44. The Balaban J connectivity index is 2.16. The largest absolute Gasteiger partial charge is 0.497 e. The van der Waals surface area contributed by atoms with Gasteiger partial charge in [0.1, 0.15) is 5.75 Å². The molecule has 0 heterocycles. The summed E-state index contributed by atoms with van der Waals surface area (Å²) in [6.07, 6.45) is 1.82. The molecule has 1 fully saturated rings. The summed E-state index contributed by atoms with van der Waals surface area (Å²) >= 11 is 0. The monoisotopic (exact) mass is 241 g/mol. The molecule has 0 unspecified atom stereocenters. The number of hydrogen-bond donors (Lipinski definition) is 1. The summed E-state index contributed by atoms with van der Waals surface area (Å²) in [5.41, 5.74) is 0.979. The molecular weight excluding hydrogens is 226 g/mol. The van der Waals surface area contributed by atoms with E-state index >= 15 is 0 Å². The van der Waals surface area contributed by atoms with Gasteiger partial charge in [-0.15, -0.1) is 0 Å². The number of sulfonamides is 1. The molecule has 0 aliphatic heterocycles. The summed E-state index contributed by atoms with van der Waals surface area (Å²) in [5.74, 6) is 0.768. The number of rotatable bonds is 4. The molecule has 88 valence electrons. The summed E-state index contributed by atoms with van der Waals surface area (Å²) < 4.78 is 27.1. The van der Waals surface area contributed by atoms with Gasteiger partial charge in [-0.1, -0.05) is 12.1 Å². The standard InChI is InChI=1S/C11H15NO3S/c1-15-10-4-2-9(3-5-10)8-11(6-7-11)16(12,13)14/h2-5H,6-8H2,1H3,(H2,12,13,14). The van der Waals surface area contributed by atoms with Gasteiger partial charge in [0.05, 0.1) is 11.9 Å². The van der Waals surface area contributed by atoms with Gasteiger partial charge in [0.15, 0.2) is 0 Å². The molecule has 1 aliphatic carbocycles. The first-order valence-electron chi connectivity index (χ1n) is 5.12. The van der Waals surface area contributed by atoms with Crippen LogP contribution in [0.15, 0.2) is 24.3 Å². The number of hydrogen-bond acceptors (Lipinski definition) is 3. The van der Waals surface area contributed by atoms with Gasteiger partial charge in [-0.25, -0.2) is 13.6 Å². The highest BCUT2D eigenvalue weighted by Crippen LogP contribution is 2.44. The lowest BCUT2D eigenvalue weighted by atomic mass is 10.1. The molecule has 0 radical (unpaired) electrons. The quantitative estimate of drug-likeness (QED) is 0.857. The minimum absolute atomic E-state index is 0.496. The summed E-state index contributed by atoms with van der Waals surface area (Å²) in [7, 11) is -1.84. The molecule has 16 heavy (non-hydrogen) atoms. The number of primary sulfonamides is 1. The fourth-order valence-corrected chi connectivity index (χ4v) is 2.86. The summed E-state index contributed by atoms with van der Waals surface area (Å²) in [4.78, 5) is 0. The van der Waals surface area contributed by atoms with E-state index in [9.17, 15) is 8.42 Å². The number of ether oxygens (including phenoxy) is 1. The Labute approximate surface area is 95.5 Å². The average Bonchev–Trinajstić information content (AvgIpc) is 2.99. The van der Waals surface area contributed by atoms with Crippen LogP contribution in [0.3, 0.4) is 0 Å². The predicted molar refractivity (Wildman–Crippen MR) is 61.8 cm³/mol. The Bertz CT molecular complexity index is 474. The molecule has 0 aromatic heterocycles. The van der Waals surface area contributed by atoms with Gasteiger partial charge in [-0.05, 0) is 37.0 Å². The molecule has 4 nitrogen and oxygen atoms in total. The molecule has 1 aliphatic rings. The first kappa shape index (κ1) is 11.4. The van der Waals surface area contributed by atoms with Gasteiger partial charge in [-0.2, -0.15) is 0 Å². The highest BCUT2D eigenvalue weighted by atomic mass is 32.2. The van der Waals surface area contributed by atoms with Crippen molar-refractivity contribution in [3.8, 4) is 5.75 Å². The third-order valence-electron chi connectivity index (χ3n) is 3.10. The van der Waals surface area contributed by atoms with Crippen LogP contribution in [0.1, 0.15) is 18.4 Å². The van der Waals surface area contributed by atoms with Gasteiger partial charge in [0.25, 0.3) is 0 Å². The molecular formula is C11H15NO3S. The van der Waals surface area contributed by atoms with Crippen LogP contribution < -0.4 is 9.88 Å². The summed E-state index contributed by atoms with van der Waals surface area (Å²) in [6, 6.07) is 7.41. The molecule has 0 amide bonds. The number of nitrogens with two attached hydrogens (primary N) is 1. The minimum Gasteiger partial charge on any atom is -0.497 e. The van der Waals surface area contributed by atoms with Crippen molar-refractivity contribution in [2.75, 3.05) is 7.11 Å². The van der Waals surface area contributed by atoms with Gasteiger partial charge >= 0.3 is 0 Å². The van der Waals surface area contributed by atoms with Crippen molar-refractivity contribution in [3.05, 3.63) is 29.8 Å². The smallest absolute Gasteiger partial charge is 0.215 e. The van der Waals surface area contributed by atoms with Gasteiger partial charge in [-0.3, -0.25) is 0 Å². The van der Waals surface area contributed by atoms with Crippen molar-refractivity contribution in [2.45, 2.75) is 24.0 Å². The molecule has 0 bridgehead atoms. The van der Waals surface area contributed by atoms with E-state index in [4.69, 9.17) is 9.88 Å². The van der Waals surface area contributed by atoms with Crippen molar-refractivity contribution < 1.29 is 13.2 Å². The predicted octanol–water partition coefficient (Wildman–Crippen LogP) is 1.06. The lowest BCUT2D eigenvalue weighted by Crippen LogP contribution is -2.32. The van der Waals surface area contributed by atoms with E-state index in [2.05, 4.69) is 0 Å². The maximum atomic E-state index is 11.4. The second kappa shape index (κ2) is 3.75. The van der Waals surface area contributed by atoms with E-state index in [-0.39, 0.29) is 0 Å². The zero-order chi connectivity index (χ0) is 11.8. The summed E-state index contributed by atoms with van der Waals surface area (Å²) in [5, 5.41) is 5.23. The highest BCUT2D eigenvalue weighted by molar-refractivity contribution is 7.90. The molecule has 0 spiro atoms. The Hall–Kier alpha value is -1.07. The molecule has 1 aromatic rings. The lowest BCUT2D eigenvalue weighted by molar-refractivity contribution is 0.414. The van der Waals surface area contributed by atoms with Crippen molar-refractivity contribution >= 4 is 10.0 Å². The third-order valence-corrected chi connectivity index (χ3v) is 4.86. The molecule has 0 atom stereocenters. The van der Waals surface area contributed by atoms with E-state index < -0.39 is 14.8 Å². The zero-order valence-corrected chi connectivity index (χ0v) is 9.96. The second-order valence-corrected chi connectivity index (χ2v) is 6.21. The Morgan fingerprint density at radius 2 is 1.88 bits per heavy atom. The highest BCUT2D eigenvalue weighted by Gasteiger charge is 2.52. The van der Waals surface area contributed by atoms with Crippen LogP contribution in [-0.4, -0.2) is 20.3 Å². The molecule has 1 aromatic carbocycles. The van der Waals surface area contributed by atoms with Crippen LogP contribution in [-0.2, 0) is 16.4 Å². The van der Waals surface area contributed by atoms with Crippen molar-refractivity contribution in [3.63, 3.8) is 0 Å². The van der Waals surface area contributed by atoms with Crippen LogP contribution in [0.25, 0.3) is 0 Å². The van der Waals surface area contributed by atoms with Gasteiger partial charge in [0.2, 0.25) is 10.0 Å². The fourth-order valence-electron chi connectivity index (χ4n) is 1.82. The van der Waals surface area contributed by atoms with Gasteiger partial charge < -0.3 is 4.74 Å². The van der Waals surface area contributed by atoms with Crippen molar-refractivity contribution in [1.82, 2.24) is 0 Å². The normalized spacial score (nSPS) is 18.1. The van der Waals surface area contributed by atoms with Gasteiger partial charge in [0, 0.05) is 0 Å². The lowest BCUT2D eigenvalue weighted by Gasteiger charge is -2.12. The fraction of sp³-hybridized carbons (Fsp3) is 0.455. The van der Waals surface area contributed by atoms with Crippen LogP contribution >= 0.6 is 0 Å². The Morgan fingerprint density at radius 1 is 1.31 bits per heavy atom. The van der Waals surface area contributed by atoms with E-state index in [0.29, 0.717) is 19.3 Å². The van der Waals surface area contributed by atoms with E-state index in [1.807, 2.05) is 24.3 Å². The maximum absolute atomic E-state index is 11.4. The Morgan fingerprint density at radius 3 is 2.25 bits per heavy atom. The first-order chi connectivity index (χ1) is 7.47. The maximum Gasteiger partial charge on any atom is 0.215 e. The molecule has 5 heteroatoms. The first-order valence-corrected chi connectivity index (χ1v) is 6.67. The second-order valence-electron chi connectivity index (χ2n) is 4.25. The molecule has 2 N–H and O–H groups in total. The van der Waals surface area contributed by atoms with Crippen molar-refractivity contribution in [1.29, 1.82) is 0 Å². The number of methoxy groups -OCH3 is 1. The van der Waals surface area contributed by atoms with Crippen LogP contribution in [0.5, 0.6) is 5.75 Å². The average molecular weight is 241 g/mol. The third kappa shape index (κ3) is 2.05. The molecule has 2 rings (SSSR count). The van der Waals surface area contributed by atoms with E-state index in [1.165, 1.54) is 0 Å². The topological polar surface area (TPSA) is 69.4 Å². The van der Waals surface area contributed by atoms with Crippen LogP contribution in [0.4, 0.5) is 0 Å². The van der Waals surface area contributed by atoms with E-state index in [1.54, 1.807) is 7.11 Å². The SMILES string of the molecule is COc1ccc(CC2(S(N)(=O)=O)CC2)cc1. The molecule has 0 saturated heterocycles. The summed E-state index contributed by atoms with van der Waals surface area (Å²) in [6.45, 7) is 0. The zero-order valence-electron chi connectivity index (χ0n) is 9.14. The Kier molecular flexibility index (Phi) is 2.67. The van der Waals surface area contributed by atoms with Crippen LogP contribution in [0, 0.1) is 0 Å². The van der Waals surface area contributed by atoms with E-state index in [0.717, 1.165) is 11.3 Å².